The summed E-state index contributed by atoms with van der Waals surface area (Å²) in [5.74, 6) is 0. The highest BCUT2D eigenvalue weighted by Crippen LogP contribution is 2.42. The van der Waals surface area contributed by atoms with E-state index in [0.29, 0.717) is 11.3 Å². The first-order valence-electron chi connectivity index (χ1n) is 7.18. The molecule has 2 nitrogen and oxygen atoms in total. The molecule has 0 saturated carbocycles. The summed E-state index contributed by atoms with van der Waals surface area (Å²) in [7, 11) is 0. The molecular formula is C17H20N2S. The third-order valence-electron chi connectivity index (χ3n) is 3.76. The zero-order valence-electron chi connectivity index (χ0n) is 12.0. The van der Waals surface area contributed by atoms with E-state index in [9.17, 15) is 0 Å². The number of hydrogen-bond donors (Lipinski definition) is 1. The van der Waals surface area contributed by atoms with Crippen LogP contribution in [0.25, 0.3) is 0 Å². The Kier molecular flexibility index (Phi) is 4.08. The van der Waals surface area contributed by atoms with Crippen molar-refractivity contribution in [2.75, 3.05) is 6.54 Å². The second-order valence-corrected chi connectivity index (χ2v) is 6.52. The minimum atomic E-state index is 0.366. The maximum absolute atomic E-state index is 4.45. The predicted molar refractivity (Wildman–Crippen MR) is 85.2 cm³/mol. The van der Waals surface area contributed by atoms with E-state index in [0.717, 1.165) is 18.7 Å². The van der Waals surface area contributed by atoms with Crippen LogP contribution in [0.2, 0.25) is 0 Å². The van der Waals surface area contributed by atoms with Gasteiger partial charge in [0.25, 0.3) is 0 Å². The van der Waals surface area contributed by atoms with Gasteiger partial charge in [0, 0.05) is 28.1 Å². The van der Waals surface area contributed by atoms with Gasteiger partial charge < -0.3 is 5.32 Å². The highest BCUT2D eigenvalue weighted by molar-refractivity contribution is 8.00. The quantitative estimate of drug-likeness (QED) is 0.925. The topological polar surface area (TPSA) is 24.9 Å². The van der Waals surface area contributed by atoms with Gasteiger partial charge in [-0.1, -0.05) is 31.2 Å². The summed E-state index contributed by atoms with van der Waals surface area (Å²) in [5, 5.41) is 4.19. The molecule has 0 amide bonds. The van der Waals surface area contributed by atoms with Crippen molar-refractivity contribution in [2.45, 2.75) is 36.5 Å². The first kappa shape index (κ1) is 13.7. The summed E-state index contributed by atoms with van der Waals surface area (Å²) < 4.78 is 0. The molecule has 104 valence electrons. The van der Waals surface area contributed by atoms with Crippen molar-refractivity contribution < 1.29 is 0 Å². The fourth-order valence-electron chi connectivity index (χ4n) is 2.74. The second-order valence-electron chi connectivity index (χ2n) is 5.24. The van der Waals surface area contributed by atoms with E-state index in [2.05, 4.69) is 53.6 Å². The number of nitrogens with one attached hydrogen (secondary N) is 1. The van der Waals surface area contributed by atoms with E-state index < -0.39 is 0 Å². The highest BCUT2D eigenvalue weighted by atomic mass is 32.2. The van der Waals surface area contributed by atoms with E-state index in [-0.39, 0.29) is 0 Å². The summed E-state index contributed by atoms with van der Waals surface area (Å²) >= 11 is 1.99. The van der Waals surface area contributed by atoms with Gasteiger partial charge in [0.2, 0.25) is 0 Å². The van der Waals surface area contributed by atoms with E-state index in [1.807, 2.05) is 24.9 Å². The van der Waals surface area contributed by atoms with Crippen LogP contribution in [0.4, 0.5) is 0 Å². The summed E-state index contributed by atoms with van der Waals surface area (Å²) in [6.45, 7) is 5.18. The van der Waals surface area contributed by atoms with Crippen LogP contribution in [0.3, 0.4) is 0 Å². The Morgan fingerprint density at radius 3 is 2.85 bits per heavy atom. The maximum atomic E-state index is 4.45. The summed E-state index contributed by atoms with van der Waals surface area (Å²) in [4.78, 5) is 5.88. The molecule has 1 aromatic heterocycles. The molecule has 2 atom stereocenters. The SMILES string of the molecule is CCNC(c1ccc(C)nc1)C1Cc2ccccc2S1. The minimum Gasteiger partial charge on any atom is -0.309 e. The molecule has 20 heavy (non-hydrogen) atoms. The molecule has 0 aliphatic carbocycles. The Morgan fingerprint density at radius 2 is 2.15 bits per heavy atom. The Labute approximate surface area is 125 Å². The van der Waals surface area contributed by atoms with Gasteiger partial charge in [0.1, 0.15) is 0 Å². The highest BCUT2D eigenvalue weighted by Gasteiger charge is 2.29. The number of pyridine rings is 1. The molecule has 2 aromatic rings. The van der Waals surface area contributed by atoms with Crippen LogP contribution in [0.1, 0.15) is 29.8 Å². The Balaban J connectivity index is 1.84. The van der Waals surface area contributed by atoms with E-state index >= 15 is 0 Å². The molecule has 3 heteroatoms. The van der Waals surface area contributed by atoms with Crippen LogP contribution in [0.5, 0.6) is 0 Å². The summed E-state index contributed by atoms with van der Waals surface area (Å²) in [6, 6.07) is 13.4. The molecule has 2 heterocycles. The Morgan fingerprint density at radius 1 is 1.30 bits per heavy atom. The lowest BCUT2D eigenvalue weighted by atomic mass is 10.00. The Bertz CT molecular complexity index is 555. The van der Waals surface area contributed by atoms with Crippen LogP contribution in [0, 0.1) is 6.92 Å². The van der Waals surface area contributed by atoms with Crippen LogP contribution in [-0.2, 0) is 6.42 Å². The van der Waals surface area contributed by atoms with Crippen LogP contribution >= 0.6 is 11.8 Å². The van der Waals surface area contributed by atoms with Gasteiger partial charge in [0.05, 0.1) is 0 Å². The lowest BCUT2D eigenvalue weighted by molar-refractivity contribution is 0.530. The van der Waals surface area contributed by atoms with Crippen molar-refractivity contribution in [2.24, 2.45) is 0 Å². The fourth-order valence-corrected chi connectivity index (χ4v) is 4.18. The first-order chi connectivity index (χ1) is 9.78. The van der Waals surface area contributed by atoms with E-state index in [4.69, 9.17) is 0 Å². The number of fused-ring (bicyclic) bond motifs is 1. The van der Waals surface area contributed by atoms with Gasteiger partial charge in [-0.2, -0.15) is 0 Å². The molecule has 0 spiro atoms. The smallest absolute Gasteiger partial charge is 0.0462 e. The van der Waals surface area contributed by atoms with Crippen LogP contribution in [0.15, 0.2) is 47.5 Å². The van der Waals surface area contributed by atoms with Gasteiger partial charge in [-0.3, -0.25) is 4.98 Å². The molecule has 1 N–H and O–H groups in total. The number of nitrogens with zero attached hydrogens (tertiary/aromatic N) is 1. The van der Waals surface area contributed by atoms with Crippen LogP contribution < -0.4 is 5.32 Å². The molecule has 1 aromatic carbocycles. The van der Waals surface area contributed by atoms with Crippen molar-refractivity contribution in [1.29, 1.82) is 0 Å². The average Bonchev–Trinajstić information content (AvgIpc) is 2.89. The van der Waals surface area contributed by atoms with Gasteiger partial charge in [-0.25, -0.2) is 0 Å². The molecule has 0 fully saturated rings. The van der Waals surface area contributed by atoms with Crippen molar-refractivity contribution in [3.05, 3.63) is 59.4 Å². The minimum absolute atomic E-state index is 0.366. The number of aromatic nitrogens is 1. The average molecular weight is 284 g/mol. The summed E-state index contributed by atoms with van der Waals surface area (Å²) in [6.07, 6.45) is 3.15. The number of benzene rings is 1. The second kappa shape index (κ2) is 5.98. The third-order valence-corrected chi connectivity index (χ3v) is 5.16. The van der Waals surface area contributed by atoms with Gasteiger partial charge in [0.15, 0.2) is 0 Å². The van der Waals surface area contributed by atoms with Crippen molar-refractivity contribution in [1.82, 2.24) is 10.3 Å². The van der Waals surface area contributed by atoms with E-state index in [1.54, 1.807) is 0 Å². The molecular weight excluding hydrogens is 264 g/mol. The molecule has 0 radical (unpaired) electrons. The van der Waals surface area contributed by atoms with Crippen LogP contribution in [-0.4, -0.2) is 16.8 Å². The van der Waals surface area contributed by atoms with Crippen molar-refractivity contribution in [3.63, 3.8) is 0 Å². The monoisotopic (exact) mass is 284 g/mol. The zero-order valence-corrected chi connectivity index (χ0v) is 12.8. The molecule has 0 saturated heterocycles. The molecule has 1 aliphatic rings. The number of thioether (sulfide) groups is 1. The number of hydrogen-bond acceptors (Lipinski definition) is 3. The lowest BCUT2D eigenvalue weighted by Gasteiger charge is -2.24. The van der Waals surface area contributed by atoms with Crippen molar-refractivity contribution >= 4 is 11.8 Å². The van der Waals surface area contributed by atoms with E-state index in [1.165, 1.54) is 16.0 Å². The predicted octanol–water partition coefficient (Wildman–Crippen LogP) is 3.76. The number of aryl methyl sites for hydroxylation is 1. The molecule has 0 bridgehead atoms. The molecule has 3 rings (SSSR count). The maximum Gasteiger partial charge on any atom is 0.0462 e. The fraction of sp³-hybridized carbons (Fsp3) is 0.353. The standard InChI is InChI=1S/C17H20N2S/c1-3-18-17(14-9-8-12(2)19-11-14)16-10-13-6-4-5-7-15(13)20-16/h4-9,11,16-18H,3,10H2,1-2H3. The first-order valence-corrected chi connectivity index (χ1v) is 8.06. The van der Waals surface area contributed by atoms with Gasteiger partial charge >= 0.3 is 0 Å². The van der Waals surface area contributed by atoms with Gasteiger partial charge in [-0.15, -0.1) is 11.8 Å². The van der Waals surface area contributed by atoms with Crippen molar-refractivity contribution in [3.8, 4) is 0 Å². The molecule has 1 aliphatic heterocycles. The normalized spacial score (nSPS) is 18.8. The Hall–Kier alpha value is -1.32. The number of rotatable bonds is 4. The summed E-state index contributed by atoms with van der Waals surface area (Å²) in [5.41, 5.74) is 3.85. The van der Waals surface area contributed by atoms with Gasteiger partial charge in [-0.05, 0) is 43.1 Å². The lowest BCUT2D eigenvalue weighted by Crippen LogP contribution is -2.30. The molecule has 2 unspecified atom stereocenters. The zero-order chi connectivity index (χ0) is 13.9. The largest absolute Gasteiger partial charge is 0.309 e. The third kappa shape index (κ3) is 2.74.